The van der Waals surface area contributed by atoms with Gasteiger partial charge >= 0.3 is 5.97 Å². The van der Waals surface area contributed by atoms with Gasteiger partial charge in [-0.1, -0.05) is 25.1 Å². The minimum atomic E-state index is -0.837. The van der Waals surface area contributed by atoms with E-state index in [1.807, 2.05) is 31.2 Å². The first kappa shape index (κ1) is 20.0. The average molecular weight is 354 g/mol. The van der Waals surface area contributed by atoms with Crippen molar-refractivity contribution in [2.45, 2.75) is 32.8 Å². The first-order valence-electron chi connectivity index (χ1n) is 7.96. The lowest BCUT2D eigenvalue weighted by atomic mass is 10.1. The number of hydrogen-bond donors (Lipinski definition) is 1. The second kappa shape index (κ2) is 9.33. The molecule has 2 atom stereocenters. The molecule has 1 fully saturated rings. The van der Waals surface area contributed by atoms with Crippen molar-refractivity contribution in [1.29, 1.82) is 0 Å². The number of rotatable bonds is 6. The van der Waals surface area contributed by atoms with Gasteiger partial charge in [0.15, 0.2) is 0 Å². The lowest BCUT2D eigenvalue weighted by Crippen LogP contribution is -2.28. The van der Waals surface area contributed by atoms with Gasteiger partial charge in [-0.25, -0.2) is 0 Å². The first-order chi connectivity index (χ1) is 11.0. The molecular formula is C18H24ClNO4. The van der Waals surface area contributed by atoms with Crippen LogP contribution in [0.25, 0.3) is 6.08 Å². The van der Waals surface area contributed by atoms with E-state index in [1.54, 1.807) is 11.0 Å². The molecule has 132 valence electrons. The van der Waals surface area contributed by atoms with Crippen molar-refractivity contribution >= 4 is 30.4 Å². The predicted molar refractivity (Wildman–Crippen MR) is 95.4 cm³/mol. The Morgan fingerprint density at radius 3 is 2.75 bits per heavy atom. The molecular weight excluding hydrogens is 330 g/mol. The van der Waals surface area contributed by atoms with E-state index in [1.165, 1.54) is 6.08 Å². The van der Waals surface area contributed by atoms with Crippen molar-refractivity contribution < 1.29 is 19.4 Å². The predicted octanol–water partition coefficient (Wildman–Crippen LogP) is 3.23. The summed E-state index contributed by atoms with van der Waals surface area (Å²) >= 11 is 0. The zero-order valence-corrected chi connectivity index (χ0v) is 14.8. The molecule has 1 aliphatic rings. The Morgan fingerprint density at radius 2 is 2.12 bits per heavy atom. The average Bonchev–Trinajstić information content (AvgIpc) is 3.04. The number of ether oxygens (including phenoxy) is 1. The van der Waals surface area contributed by atoms with Gasteiger partial charge in [-0.15, -0.1) is 12.4 Å². The molecule has 24 heavy (non-hydrogen) atoms. The van der Waals surface area contributed by atoms with Gasteiger partial charge in [0.05, 0.1) is 12.0 Å². The maximum atomic E-state index is 12.2. The van der Waals surface area contributed by atoms with E-state index < -0.39 is 11.9 Å². The smallest absolute Gasteiger partial charge is 0.308 e. The Morgan fingerprint density at radius 1 is 1.42 bits per heavy atom. The van der Waals surface area contributed by atoms with Gasteiger partial charge in [0, 0.05) is 24.7 Å². The summed E-state index contributed by atoms with van der Waals surface area (Å²) in [6.07, 6.45) is 4.75. The fourth-order valence-electron chi connectivity index (χ4n) is 2.45. The molecule has 0 bridgehead atoms. The third-order valence-electron chi connectivity index (χ3n) is 4.08. The summed E-state index contributed by atoms with van der Waals surface area (Å²) in [6, 6.07) is 7.57. The number of halogens is 1. The van der Waals surface area contributed by atoms with Crippen LogP contribution in [0.15, 0.2) is 30.3 Å². The summed E-state index contributed by atoms with van der Waals surface area (Å²) in [5.41, 5.74) is 0.843. The number of likely N-dealkylation sites (tertiary alicyclic amines) is 1. The van der Waals surface area contributed by atoms with Crippen molar-refractivity contribution in [3.05, 3.63) is 35.9 Å². The highest BCUT2D eigenvalue weighted by molar-refractivity contribution is 5.92. The zero-order chi connectivity index (χ0) is 16.8. The van der Waals surface area contributed by atoms with Gasteiger partial charge in [0.25, 0.3) is 0 Å². The van der Waals surface area contributed by atoms with Crippen LogP contribution >= 0.6 is 12.4 Å². The van der Waals surface area contributed by atoms with Gasteiger partial charge in [-0.2, -0.15) is 0 Å². The fraction of sp³-hybridized carbons (Fsp3) is 0.444. The quantitative estimate of drug-likeness (QED) is 0.797. The highest BCUT2D eigenvalue weighted by atomic mass is 35.5. The minimum absolute atomic E-state index is 0. The van der Waals surface area contributed by atoms with Crippen molar-refractivity contribution in [3.63, 3.8) is 0 Å². The van der Waals surface area contributed by atoms with E-state index in [0.717, 1.165) is 17.7 Å². The fourth-order valence-corrected chi connectivity index (χ4v) is 2.45. The molecule has 6 heteroatoms. The molecule has 1 heterocycles. The van der Waals surface area contributed by atoms with Crippen LogP contribution in [0.3, 0.4) is 0 Å². The van der Waals surface area contributed by atoms with Crippen LogP contribution in [0.1, 0.15) is 32.3 Å². The van der Waals surface area contributed by atoms with Crippen LogP contribution in [-0.4, -0.2) is 41.1 Å². The van der Waals surface area contributed by atoms with Crippen molar-refractivity contribution in [1.82, 2.24) is 4.90 Å². The van der Waals surface area contributed by atoms with Crippen molar-refractivity contribution in [3.8, 4) is 5.75 Å². The summed E-state index contributed by atoms with van der Waals surface area (Å²) in [5.74, 6) is -0.701. The molecule has 2 rings (SSSR count). The second-order valence-corrected chi connectivity index (χ2v) is 5.82. The van der Waals surface area contributed by atoms with E-state index >= 15 is 0 Å². The molecule has 1 amide bonds. The largest absolute Gasteiger partial charge is 0.490 e. The van der Waals surface area contributed by atoms with Gasteiger partial charge in [0.2, 0.25) is 5.91 Å². The van der Waals surface area contributed by atoms with Gasteiger partial charge in [0.1, 0.15) is 5.75 Å². The molecule has 2 unspecified atom stereocenters. The lowest BCUT2D eigenvalue weighted by Gasteiger charge is -2.15. The SMILES string of the molecule is CCC(C)Oc1ccccc1C=CC(=O)N1CCC(C(=O)O)C1.Cl. The second-order valence-electron chi connectivity index (χ2n) is 5.82. The normalized spacial score (nSPS) is 18.2. The Kier molecular flexibility index (Phi) is 7.79. The molecule has 0 radical (unpaired) electrons. The summed E-state index contributed by atoms with van der Waals surface area (Å²) < 4.78 is 5.85. The monoisotopic (exact) mass is 353 g/mol. The van der Waals surface area contributed by atoms with E-state index in [9.17, 15) is 9.59 Å². The lowest BCUT2D eigenvalue weighted by molar-refractivity contribution is -0.141. The first-order valence-corrected chi connectivity index (χ1v) is 7.96. The topological polar surface area (TPSA) is 66.8 Å². The summed E-state index contributed by atoms with van der Waals surface area (Å²) in [5, 5.41) is 8.99. The molecule has 5 nitrogen and oxygen atoms in total. The zero-order valence-electron chi connectivity index (χ0n) is 14.0. The van der Waals surface area contributed by atoms with Crippen LogP contribution in [-0.2, 0) is 9.59 Å². The molecule has 0 aromatic heterocycles. The maximum absolute atomic E-state index is 12.2. The highest BCUT2D eigenvalue weighted by Crippen LogP contribution is 2.22. The van der Waals surface area contributed by atoms with E-state index in [0.29, 0.717) is 13.0 Å². The van der Waals surface area contributed by atoms with Crippen LogP contribution in [0, 0.1) is 5.92 Å². The number of benzene rings is 1. The van der Waals surface area contributed by atoms with E-state index in [-0.39, 0.29) is 31.0 Å². The Bertz CT molecular complexity index is 602. The van der Waals surface area contributed by atoms with Gasteiger partial charge in [-0.05, 0) is 31.9 Å². The highest BCUT2D eigenvalue weighted by Gasteiger charge is 2.29. The molecule has 1 aromatic carbocycles. The number of nitrogens with zero attached hydrogens (tertiary/aromatic N) is 1. The number of para-hydroxylation sites is 1. The van der Waals surface area contributed by atoms with Crippen LogP contribution in [0.4, 0.5) is 0 Å². The van der Waals surface area contributed by atoms with E-state index in [4.69, 9.17) is 9.84 Å². The van der Waals surface area contributed by atoms with Crippen LogP contribution in [0.5, 0.6) is 5.75 Å². The molecule has 0 saturated carbocycles. The summed E-state index contributed by atoms with van der Waals surface area (Å²) in [6.45, 7) is 4.83. The van der Waals surface area contributed by atoms with Crippen LogP contribution in [0.2, 0.25) is 0 Å². The number of carbonyl (C=O) groups excluding carboxylic acids is 1. The number of carboxylic acid groups (broad SMARTS) is 1. The third-order valence-corrected chi connectivity index (χ3v) is 4.08. The molecule has 0 aliphatic carbocycles. The number of aliphatic carboxylic acids is 1. The number of carbonyl (C=O) groups is 2. The Labute approximate surface area is 148 Å². The van der Waals surface area contributed by atoms with Crippen molar-refractivity contribution in [2.75, 3.05) is 13.1 Å². The Hall–Kier alpha value is -2.01. The van der Waals surface area contributed by atoms with Gasteiger partial charge < -0.3 is 14.7 Å². The number of hydrogen-bond acceptors (Lipinski definition) is 3. The minimum Gasteiger partial charge on any atom is -0.490 e. The van der Waals surface area contributed by atoms with Crippen molar-refractivity contribution in [2.24, 2.45) is 5.92 Å². The van der Waals surface area contributed by atoms with E-state index in [2.05, 4.69) is 6.92 Å². The Balaban J connectivity index is 0.00000288. The molecule has 0 spiro atoms. The number of carboxylic acids is 1. The summed E-state index contributed by atoms with van der Waals surface area (Å²) in [7, 11) is 0. The standard InChI is InChI=1S/C18H23NO4.ClH/c1-3-13(2)23-16-7-5-4-6-14(16)8-9-17(20)19-11-10-15(12-19)18(21)22;/h4-9,13,15H,3,10-12H2,1-2H3,(H,21,22);1H. The number of amides is 1. The molecule has 1 aromatic rings. The summed E-state index contributed by atoms with van der Waals surface area (Å²) in [4.78, 5) is 24.7. The molecule has 1 N–H and O–H groups in total. The molecule has 1 aliphatic heterocycles. The molecule has 1 saturated heterocycles. The third kappa shape index (κ3) is 5.27. The van der Waals surface area contributed by atoms with Crippen LogP contribution < -0.4 is 4.74 Å². The van der Waals surface area contributed by atoms with Gasteiger partial charge in [-0.3, -0.25) is 9.59 Å². The maximum Gasteiger partial charge on any atom is 0.308 e.